The Morgan fingerprint density at radius 1 is 1.26 bits per heavy atom. The first kappa shape index (κ1) is 18.5. The maximum Gasteiger partial charge on any atom is 0.274 e. The largest absolute Gasteiger partial charge is 0.328 e. The zero-order valence-electron chi connectivity index (χ0n) is 16.2. The third kappa shape index (κ3) is 3.76. The van der Waals surface area contributed by atoms with Crippen molar-refractivity contribution in [3.63, 3.8) is 0 Å². The van der Waals surface area contributed by atoms with Crippen LogP contribution in [0.2, 0.25) is 5.02 Å². The van der Waals surface area contributed by atoms with E-state index in [1.807, 2.05) is 35.2 Å². The van der Waals surface area contributed by atoms with Crippen LogP contribution in [0.15, 0.2) is 30.3 Å². The predicted molar refractivity (Wildman–Crippen MR) is 107 cm³/mol. The lowest BCUT2D eigenvalue weighted by molar-refractivity contribution is 0.0626. The van der Waals surface area contributed by atoms with Gasteiger partial charge < -0.3 is 10.2 Å². The van der Waals surface area contributed by atoms with Crippen molar-refractivity contribution in [3.8, 4) is 0 Å². The van der Waals surface area contributed by atoms with Crippen molar-refractivity contribution >= 4 is 17.5 Å². The number of nitrogens with one attached hydrogen (secondary N) is 1. The van der Waals surface area contributed by atoms with Gasteiger partial charge in [0.25, 0.3) is 5.91 Å². The molecular weight excluding hydrogens is 360 g/mol. The average Bonchev–Trinajstić information content (AvgIpc) is 3.38. The lowest BCUT2D eigenvalue weighted by Gasteiger charge is -2.36. The summed E-state index contributed by atoms with van der Waals surface area (Å²) in [7, 11) is 0. The van der Waals surface area contributed by atoms with E-state index in [-0.39, 0.29) is 17.5 Å². The van der Waals surface area contributed by atoms with Gasteiger partial charge in [0.2, 0.25) is 0 Å². The van der Waals surface area contributed by atoms with Crippen LogP contribution in [0.4, 0.5) is 0 Å². The zero-order chi connectivity index (χ0) is 19.2. The molecule has 1 N–H and O–H groups in total. The summed E-state index contributed by atoms with van der Waals surface area (Å²) >= 11 is 6.18. The van der Waals surface area contributed by atoms with Gasteiger partial charge in [-0.3, -0.25) is 9.48 Å². The van der Waals surface area contributed by atoms with Crippen molar-refractivity contribution in [2.75, 3.05) is 19.6 Å². The van der Waals surface area contributed by atoms with Crippen LogP contribution in [0.1, 0.15) is 67.3 Å². The van der Waals surface area contributed by atoms with Crippen molar-refractivity contribution in [2.45, 2.75) is 51.1 Å². The summed E-state index contributed by atoms with van der Waals surface area (Å²) in [6.07, 6.45) is 2.38. The van der Waals surface area contributed by atoms with Crippen molar-refractivity contribution in [1.82, 2.24) is 20.0 Å². The molecule has 1 aliphatic carbocycles. The number of piperazine rings is 1. The molecule has 2 heterocycles. The molecule has 27 heavy (non-hydrogen) atoms. The maximum atomic E-state index is 13.4. The average molecular weight is 387 g/mol. The van der Waals surface area contributed by atoms with Crippen molar-refractivity contribution < 1.29 is 4.79 Å². The van der Waals surface area contributed by atoms with Crippen LogP contribution in [0.5, 0.6) is 0 Å². The normalized spacial score (nSPS) is 20.7. The van der Waals surface area contributed by atoms with E-state index in [4.69, 9.17) is 16.7 Å². The highest BCUT2D eigenvalue weighted by molar-refractivity contribution is 6.30. The van der Waals surface area contributed by atoms with Gasteiger partial charge in [0.05, 0.1) is 11.6 Å². The van der Waals surface area contributed by atoms with E-state index in [0.29, 0.717) is 23.2 Å². The number of benzene rings is 1. The Bertz CT molecular complexity index is 850. The number of nitrogens with zero attached hydrogens (tertiary/aromatic N) is 3. The summed E-state index contributed by atoms with van der Waals surface area (Å²) in [5.41, 5.74) is 2.67. The summed E-state index contributed by atoms with van der Waals surface area (Å²) in [5.74, 6) is 0.552. The number of rotatable bonds is 3. The zero-order valence-corrected chi connectivity index (χ0v) is 17.0. The molecule has 5 nitrogen and oxygen atoms in total. The molecular formula is C21H27ClN4O. The van der Waals surface area contributed by atoms with Crippen LogP contribution in [-0.2, 0) is 5.54 Å². The molecule has 1 aromatic carbocycles. The van der Waals surface area contributed by atoms with Crippen LogP contribution in [0.25, 0.3) is 0 Å². The van der Waals surface area contributed by atoms with Crippen LogP contribution >= 0.6 is 11.6 Å². The number of amides is 1. The first-order valence-electron chi connectivity index (χ1n) is 9.72. The number of halogens is 1. The molecule has 1 aliphatic heterocycles. The minimum absolute atomic E-state index is 0.00590. The van der Waals surface area contributed by atoms with Gasteiger partial charge in [-0.1, -0.05) is 23.7 Å². The van der Waals surface area contributed by atoms with Gasteiger partial charge in [-0.15, -0.1) is 0 Å². The molecule has 1 saturated heterocycles. The van der Waals surface area contributed by atoms with E-state index in [0.717, 1.165) is 18.7 Å². The standard InChI is InChI=1S/C21H27ClN4O/c1-21(2,3)26-18(14-7-8-14)12-17(24-26)20(27)25-10-9-23-13-19(25)15-5-4-6-16(22)11-15/h4-6,11-12,14,19,23H,7-10,13H2,1-3H3. The Kier molecular flexibility index (Phi) is 4.77. The summed E-state index contributed by atoms with van der Waals surface area (Å²) in [6, 6.07) is 9.77. The summed E-state index contributed by atoms with van der Waals surface area (Å²) < 4.78 is 2.05. The Morgan fingerprint density at radius 2 is 2.04 bits per heavy atom. The third-order valence-electron chi connectivity index (χ3n) is 5.32. The number of hydrogen-bond donors (Lipinski definition) is 1. The molecule has 0 radical (unpaired) electrons. The lowest BCUT2D eigenvalue weighted by Crippen LogP contribution is -2.48. The fourth-order valence-corrected chi connectivity index (χ4v) is 4.01. The number of carbonyl (C=O) groups is 1. The Labute approximate surface area is 165 Å². The minimum Gasteiger partial charge on any atom is -0.328 e. The molecule has 1 saturated carbocycles. The van der Waals surface area contributed by atoms with Gasteiger partial charge in [0, 0.05) is 36.3 Å². The number of carbonyl (C=O) groups excluding carboxylic acids is 1. The van der Waals surface area contributed by atoms with Crippen molar-refractivity contribution in [1.29, 1.82) is 0 Å². The van der Waals surface area contributed by atoms with Gasteiger partial charge >= 0.3 is 0 Å². The highest BCUT2D eigenvalue weighted by atomic mass is 35.5. The molecule has 0 bridgehead atoms. The second kappa shape index (κ2) is 6.95. The molecule has 6 heteroatoms. The quantitative estimate of drug-likeness (QED) is 0.868. The van der Waals surface area contributed by atoms with E-state index in [1.165, 1.54) is 18.5 Å². The SMILES string of the molecule is CC(C)(C)n1nc(C(=O)N2CCNCC2c2cccc(Cl)c2)cc1C1CC1. The summed E-state index contributed by atoms with van der Waals surface area (Å²) in [4.78, 5) is 15.3. The molecule has 1 unspecified atom stereocenters. The predicted octanol–water partition coefficient (Wildman–Crippen LogP) is 3.96. The molecule has 2 aromatic rings. The van der Waals surface area contributed by atoms with Gasteiger partial charge in [0.1, 0.15) is 0 Å². The van der Waals surface area contributed by atoms with Crippen molar-refractivity contribution in [3.05, 3.63) is 52.3 Å². The summed E-state index contributed by atoms with van der Waals surface area (Å²) in [6.45, 7) is 8.59. The minimum atomic E-state index is -0.133. The lowest BCUT2D eigenvalue weighted by atomic mass is 10.0. The van der Waals surface area contributed by atoms with E-state index in [2.05, 4.69) is 30.8 Å². The van der Waals surface area contributed by atoms with E-state index in [9.17, 15) is 4.79 Å². The second-order valence-corrected chi connectivity index (χ2v) is 9.02. The summed E-state index contributed by atoms with van der Waals surface area (Å²) in [5, 5.41) is 8.83. The molecule has 1 amide bonds. The molecule has 1 atom stereocenters. The van der Waals surface area contributed by atoms with Crippen LogP contribution < -0.4 is 5.32 Å². The smallest absolute Gasteiger partial charge is 0.274 e. The Hall–Kier alpha value is -1.85. The molecule has 0 spiro atoms. The van der Waals surface area contributed by atoms with Gasteiger partial charge in [-0.05, 0) is 57.4 Å². The van der Waals surface area contributed by atoms with Crippen LogP contribution in [0.3, 0.4) is 0 Å². The van der Waals surface area contributed by atoms with Gasteiger partial charge in [-0.25, -0.2) is 0 Å². The highest BCUT2D eigenvalue weighted by Gasteiger charge is 2.35. The van der Waals surface area contributed by atoms with Gasteiger partial charge in [-0.2, -0.15) is 5.10 Å². The fourth-order valence-electron chi connectivity index (χ4n) is 3.81. The van der Waals surface area contributed by atoms with Crippen LogP contribution in [-0.4, -0.2) is 40.2 Å². The molecule has 2 fully saturated rings. The fraction of sp³-hybridized carbons (Fsp3) is 0.524. The van der Waals surface area contributed by atoms with E-state index < -0.39 is 0 Å². The van der Waals surface area contributed by atoms with E-state index in [1.54, 1.807) is 0 Å². The van der Waals surface area contributed by atoms with Crippen molar-refractivity contribution in [2.24, 2.45) is 0 Å². The Balaban J connectivity index is 1.66. The second-order valence-electron chi connectivity index (χ2n) is 8.58. The first-order chi connectivity index (χ1) is 12.8. The number of hydrogen-bond acceptors (Lipinski definition) is 3. The first-order valence-corrected chi connectivity index (χ1v) is 10.1. The Morgan fingerprint density at radius 3 is 2.70 bits per heavy atom. The molecule has 4 rings (SSSR count). The maximum absolute atomic E-state index is 13.4. The third-order valence-corrected chi connectivity index (χ3v) is 5.56. The molecule has 144 valence electrons. The van der Waals surface area contributed by atoms with Crippen LogP contribution in [0, 0.1) is 0 Å². The number of aromatic nitrogens is 2. The highest BCUT2D eigenvalue weighted by Crippen LogP contribution is 2.42. The molecule has 2 aliphatic rings. The molecule has 1 aromatic heterocycles. The monoisotopic (exact) mass is 386 g/mol. The van der Waals surface area contributed by atoms with E-state index >= 15 is 0 Å². The topological polar surface area (TPSA) is 50.2 Å². The van der Waals surface area contributed by atoms with Gasteiger partial charge in [0.15, 0.2) is 5.69 Å².